The fraction of sp³-hybridized carbons (Fsp3) is 0.417. The summed E-state index contributed by atoms with van der Waals surface area (Å²) in [6.07, 6.45) is 2.75. The summed E-state index contributed by atoms with van der Waals surface area (Å²) in [7, 11) is 0. The number of imide groups is 1. The molecule has 30 heavy (non-hydrogen) atoms. The van der Waals surface area contributed by atoms with E-state index < -0.39 is 0 Å². The first-order valence-electron chi connectivity index (χ1n) is 10.6. The van der Waals surface area contributed by atoms with E-state index in [9.17, 15) is 9.59 Å². The molecule has 0 saturated heterocycles. The summed E-state index contributed by atoms with van der Waals surface area (Å²) in [5.74, 6) is -0.0770. The molecule has 0 spiro atoms. The van der Waals surface area contributed by atoms with Gasteiger partial charge in [-0.2, -0.15) is 0 Å². The number of hydrogen-bond donors (Lipinski definition) is 1. The van der Waals surface area contributed by atoms with Crippen LogP contribution in [0.5, 0.6) is 0 Å². The lowest BCUT2D eigenvalue weighted by molar-refractivity contribution is -0.137. The summed E-state index contributed by atoms with van der Waals surface area (Å²) in [5, 5.41) is 5.13. The van der Waals surface area contributed by atoms with Crippen LogP contribution in [0.2, 0.25) is 0 Å². The number of anilines is 1. The van der Waals surface area contributed by atoms with Crippen molar-refractivity contribution in [1.29, 1.82) is 0 Å². The van der Waals surface area contributed by atoms with Gasteiger partial charge in [-0.05, 0) is 47.9 Å². The maximum absolute atomic E-state index is 13.1. The van der Waals surface area contributed by atoms with Crippen LogP contribution in [-0.4, -0.2) is 36.5 Å². The summed E-state index contributed by atoms with van der Waals surface area (Å²) < 4.78 is 5.58. The highest BCUT2D eigenvalue weighted by molar-refractivity contribution is 7.11. The summed E-state index contributed by atoms with van der Waals surface area (Å²) in [6, 6.07) is 11.8. The quantitative estimate of drug-likeness (QED) is 0.393. The van der Waals surface area contributed by atoms with E-state index in [1.54, 1.807) is 0 Å². The molecule has 1 aromatic carbocycles. The maximum Gasteiger partial charge on any atom is 0.278 e. The first-order valence-corrected chi connectivity index (χ1v) is 11.5. The van der Waals surface area contributed by atoms with Crippen molar-refractivity contribution in [2.24, 2.45) is 0 Å². The van der Waals surface area contributed by atoms with Crippen molar-refractivity contribution in [3.63, 3.8) is 0 Å². The minimum absolute atomic E-state index is 0.239. The number of amides is 2. The monoisotopic (exact) mass is 426 g/mol. The van der Waals surface area contributed by atoms with Gasteiger partial charge in [0.1, 0.15) is 5.70 Å². The van der Waals surface area contributed by atoms with Crippen molar-refractivity contribution < 1.29 is 14.3 Å². The third-order valence-corrected chi connectivity index (χ3v) is 5.98. The second-order valence-electron chi connectivity index (χ2n) is 7.71. The van der Waals surface area contributed by atoms with Crippen LogP contribution in [0.1, 0.15) is 56.4 Å². The van der Waals surface area contributed by atoms with Gasteiger partial charge in [-0.15, -0.1) is 11.3 Å². The van der Waals surface area contributed by atoms with Crippen molar-refractivity contribution in [1.82, 2.24) is 4.90 Å². The van der Waals surface area contributed by atoms with E-state index in [1.165, 1.54) is 21.8 Å². The second-order valence-corrected chi connectivity index (χ2v) is 8.66. The molecule has 1 aromatic heterocycles. The van der Waals surface area contributed by atoms with Gasteiger partial charge in [0.15, 0.2) is 0 Å². The molecule has 1 N–H and O–H groups in total. The van der Waals surface area contributed by atoms with Crippen molar-refractivity contribution in [3.05, 3.63) is 57.9 Å². The van der Waals surface area contributed by atoms with Crippen LogP contribution < -0.4 is 5.32 Å². The number of rotatable bonds is 11. The average Bonchev–Trinajstić information content (AvgIpc) is 3.33. The Morgan fingerprint density at radius 3 is 2.40 bits per heavy atom. The second kappa shape index (κ2) is 10.5. The Morgan fingerprint density at radius 1 is 1.03 bits per heavy atom. The van der Waals surface area contributed by atoms with Crippen LogP contribution in [0.3, 0.4) is 0 Å². The molecule has 3 rings (SSSR count). The minimum atomic E-state index is -0.273. The molecule has 0 bridgehead atoms. The van der Waals surface area contributed by atoms with E-state index in [2.05, 4.69) is 26.1 Å². The Labute approximate surface area is 182 Å². The third-order valence-electron chi connectivity index (χ3n) is 5.09. The van der Waals surface area contributed by atoms with Crippen molar-refractivity contribution in [3.8, 4) is 0 Å². The molecule has 0 unspecified atom stereocenters. The number of carbonyl (C=O) groups excluding carboxylic acids is 2. The third kappa shape index (κ3) is 5.18. The van der Waals surface area contributed by atoms with Crippen LogP contribution in [0, 0.1) is 0 Å². The predicted octanol–water partition coefficient (Wildman–Crippen LogP) is 5.27. The highest BCUT2D eigenvalue weighted by Gasteiger charge is 2.39. The van der Waals surface area contributed by atoms with E-state index in [-0.39, 0.29) is 11.8 Å². The molecule has 1 aliphatic rings. The number of benzene rings is 1. The summed E-state index contributed by atoms with van der Waals surface area (Å²) in [5.41, 5.74) is 2.84. The van der Waals surface area contributed by atoms with Crippen LogP contribution in [0.15, 0.2) is 47.5 Å². The Balaban J connectivity index is 1.75. The van der Waals surface area contributed by atoms with Gasteiger partial charge < -0.3 is 10.1 Å². The number of ether oxygens (including phenoxy) is 1. The molecular weight excluding hydrogens is 396 g/mol. The van der Waals surface area contributed by atoms with E-state index in [1.807, 2.05) is 41.8 Å². The molecule has 160 valence electrons. The molecule has 2 heterocycles. The van der Waals surface area contributed by atoms with E-state index in [0.717, 1.165) is 30.0 Å². The van der Waals surface area contributed by atoms with Gasteiger partial charge in [0.05, 0.1) is 5.57 Å². The predicted molar refractivity (Wildman–Crippen MR) is 122 cm³/mol. The highest BCUT2D eigenvalue weighted by atomic mass is 32.1. The minimum Gasteiger partial charge on any atom is -0.381 e. The fourth-order valence-corrected chi connectivity index (χ4v) is 4.08. The van der Waals surface area contributed by atoms with E-state index >= 15 is 0 Å². The van der Waals surface area contributed by atoms with Gasteiger partial charge in [0, 0.05) is 30.3 Å². The topological polar surface area (TPSA) is 58.6 Å². The molecule has 0 saturated carbocycles. The Kier molecular flexibility index (Phi) is 7.82. The number of nitrogens with one attached hydrogen (secondary N) is 1. The SMILES string of the molecule is CCCCOCCCN1C(=O)C(Nc2ccc(C(C)C)cc2)=C(c2cccs2)C1=O. The largest absolute Gasteiger partial charge is 0.381 e. The van der Waals surface area contributed by atoms with E-state index in [4.69, 9.17) is 4.74 Å². The molecule has 2 amide bonds. The number of nitrogens with zero attached hydrogens (tertiary/aromatic N) is 1. The van der Waals surface area contributed by atoms with Crippen LogP contribution >= 0.6 is 11.3 Å². The Bertz CT molecular complexity index is 886. The molecule has 0 fully saturated rings. The van der Waals surface area contributed by atoms with Crippen molar-refractivity contribution >= 4 is 34.4 Å². The van der Waals surface area contributed by atoms with Crippen LogP contribution in [-0.2, 0) is 14.3 Å². The first-order chi connectivity index (χ1) is 14.5. The average molecular weight is 427 g/mol. The molecular formula is C24H30N2O3S. The zero-order chi connectivity index (χ0) is 21.5. The van der Waals surface area contributed by atoms with Gasteiger partial charge >= 0.3 is 0 Å². The van der Waals surface area contributed by atoms with Gasteiger partial charge in [-0.1, -0.05) is 45.4 Å². The fourth-order valence-electron chi connectivity index (χ4n) is 3.31. The van der Waals surface area contributed by atoms with Crippen LogP contribution in [0.25, 0.3) is 5.57 Å². The van der Waals surface area contributed by atoms with Crippen molar-refractivity contribution in [2.75, 3.05) is 25.1 Å². The Hall–Kier alpha value is -2.44. The zero-order valence-electron chi connectivity index (χ0n) is 17.9. The summed E-state index contributed by atoms with van der Waals surface area (Å²) in [4.78, 5) is 28.4. The molecule has 0 aliphatic carbocycles. The molecule has 1 aliphatic heterocycles. The molecule has 2 aromatic rings. The lowest BCUT2D eigenvalue weighted by atomic mass is 10.0. The summed E-state index contributed by atoms with van der Waals surface area (Å²) in [6.45, 7) is 8.02. The highest BCUT2D eigenvalue weighted by Crippen LogP contribution is 2.33. The molecule has 5 nitrogen and oxygen atoms in total. The Morgan fingerprint density at radius 2 is 1.77 bits per heavy atom. The number of carbonyl (C=O) groups is 2. The maximum atomic E-state index is 13.1. The molecule has 0 radical (unpaired) electrons. The lowest BCUT2D eigenvalue weighted by Crippen LogP contribution is -2.34. The normalized spacial score (nSPS) is 14.3. The van der Waals surface area contributed by atoms with E-state index in [0.29, 0.717) is 36.8 Å². The van der Waals surface area contributed by atoms with Crippen molar-refractivity contribution in [2.45, 2.75) is 46.0 Å². The summed E-state index contributed by atoms with van der Waals surface area (Å²) >= 11 is 1.46. The van der Waals surface area contributed by atoms with Gasteiger partial charge in [-0.25, -0.2) is 0 Å². The standard InChI is InChI=1S/C24H30N2O3S/c1-4-5-14-29-15-7-13-26-23(27)21(20-8-6-16-30-20)22(24(26)28)25-19-11-9-18(10-12-19)17(2)3/h6,8-12,16-17,25H,4-5,7,13-15H2,1-3H3. The van der Waals surface area contributed by atoms with Gasteiger partial charge in [0.25, 0.3) is 11.8 Å². The molecule has 6 heteroatoms. The number of unbranched alkanes of at least 4 members (excludes halogenated alkanes) is 1. The molecule has 0 atom stereocenters. The smallest absolute Gasteiger partial charge is 0.278 e. The van der Waals surface area contributed by atoms with Crippen LogP contribution in [0.4, 0.5) is 5.69 Å². The first kappa shape index (κ1) is 22.2. The zero-order valence-corrected chi connectivity index (χ0v) is 18.8. The van der Waals surface area contributed by atoms with Gasteiger partial charge in [-0.3, -0.25) is 14.5 Å². The number of thiophene rings is 1. The van der Waals surface area contributed by atoms with Gasteiger partial charge in [0.2, 0.25) is 0 Å². The lowest BCUT2D eigenvalue weighted by Gasteiger charge is -2.15. The number of hydrogen-bond acceptors (Lipinski definition) is 5.